The Bertz CT molecular complexity index is 404. The molecule has 0 radical (unpaired) electrons. The van der Waals surface area contributed by atoms with E-state index in [0.29, 0.717) is 0 Å². The molecule has 6 heteroatoms. The number of fused-ring (bicyclic) bond motifs is 3. The highest BCUT2D eigenvalue weighted by Crippen LogP contribution is 2.43. The van der Waals surface area contributed by atoms with Gasteiger partial charge < -0.3 is 23.7 Å². The molecule has 2 saturated heterocycles. The fourth-order valence-electron chi connectivity index (χ4n) is 3.13. The first kappa shape index (κ1) is 13.5. The lowest BCUT2D eigenvalue weighted by molar-refractivity contribution is -0.178. The number of hydrogen-bond acceptors (Lipinski definition) is 6. The number of ether oxygens (including phenoxy) is 5. The predicted molar refractivity (Wildman–Crippen MR) is 63.5 cm³/mol. The van der Waals surface area contributed by atoms with Crippen molar-refractivity contribution in [3.8, 4) is 0 Å². The summed E-state index contributed by atoms with van der Waals surface area (Å²) < 4.78 is 28.5. The van der Waals surface area contributed by atoms with Gasteiger partial charge in [-0.1, -0.05) is 0 Å². The lowest BCUT2D eigenvalue weighted by Gasteiger charge is -2.34. The third-order valence-electron chi connectivity index (χ3n) is 3.73. The molecule has 3 aliphatic rings. The molecule has 0 aromatic rings. The molecule has 1 aliphatic carbocycles. The quantitative estimate of drug-likeness (QED) is 0.697. The number of Topliss-reactive ketones (excluding diaryl/α,β-unsaturated/α-hetero) is 1. The summed E-state index contributed by atoms with van der Waals surface area (Å²) >= 11 is 0. The Balaban J connectivity index is 1.95. The molecule has 0 amide bonds. The summed E-state index contributed by atoms with van der Waals surface area (Å²) in [5.41, 5.74) is 0. The van der Waals surface area contributed by atoms with Gasteiger partial charge in [0.15, 0.2) is 23.5 Å². The molecule has 0 bridgehead atoms. The topological polar surface area (TPSA) is 63.2 Å². The molecule has 1 saturated carbocycles. The van der Waals surface area contributed by atoms with Crippen LogP contribution in [0, 0.1) is 0 Å². The molecule has 5 atom stereocenters. The summed E-state index contributed by atoms with van der Waals surface area (Å²) in [6.45, 7) is 7.21. The van der Waals surface area contributed by atoms with Gasteiger partial charge in [0.25, 0.3) is 0 Å². The van der Waals surface area contributed by atoms with E-state index in [1.54, 1.807) is 13.8 Å². The van der Waals surface area contributed by atoms with E-state index in [-0.39, 0.29) is 11.9 Å². The first-order valence-electron chi connectivity index (χ1n) is 6.52. The molecular formula is C13H20O6. The molecule has 0 unspecified atom stereocenters. The van der Waals surface area contributed by atoms with Crippen LogP contribution in [0.3, 0.4) is 0 Å². The Labute approximate surface area is 112 Å². The summed E-state index contributed by atoms with van der Waals surface area (Å²) in [4.78, 5) is 12.4. The van der Waals surface area contributed by atoms with Gasteiger partial charge in [0, 0.05) is 7.11 Å². The minimum atomic E-state index is -0.797. The van der Waals surface area contributed by atoms with Gasteiger partial charge in [-0.3, -0.25) is 4.79 Å². The zero-order chi connectivity index (χ0) is 14.0. The third kappa shape index (κ3) is 2.02. The van der Waals surface area contributed by atoms with E-state index in [1.807, 2.05) is 13.8 Å². The highest BCUT2D eigenvalue weighted by molar-refractivity contribution is 5.90. The Hall–Kier alpha value is -0.530. The van der Waals surface area contributed by atoms with Crippen LogP contribution < -0.4 is 0 Å². The van der Waals surface area contributed by atoms with Crippen LogP contribution >= 0.6 is 0 Å². The lowest BCUT2D eigenvalue weighted by Crippen LogP contribution is -2.59. The van der Waals surface area contributed by atoms with Gasteiger partial charge in [-0.15, -0.1) is 0 Å². The largest absolute Gasteiger partial charge is 0.371 e. The monoisotopic (exact) mass is 272 g/mol. The highest BCUT2D eigenvalue weighted by Gasteiger charge is 2.63. The van der Waals surface area contributed by atoms with Crippen LogP contribution in [0.5, 0.6) is 0 Å². The third-order valence-corrected chi connectivity index (χ3v) is 3.73. The summed E-state index contributed by atoms with van der Waals surface area (Å²) in [6.07, 6.45) is -2.58. The van der Waals surface area contributed by atoms with Crippen LogP contribution in [0.2, 0.25) is 0 Å². The molecular weight excluding hydrogens is 252 g/mol. The SMILES string of the molecule is CO[C@H]1C(=O)[C@H]2OC(C)(C)O[C@H]2[C@@H]2OC(C)(C)O[C@@H]21. The lowest BCUT2D eigenvalue weighted by atomic mass is 9.86. The Kier molecular flexibility index (Phi) is 2.82. The van der Waals surface area contributed by atoms with Crippen LogP contribution in [-0.4, -0.2) is 55.0 Å². The number of hydrogen-bond donors (Lipinski definition) is 0. The maximum atomic E-state index is 12.4. The van der Waals surface area contributed by atoms with Crippen molar-refractivity contribution in [3.63, 3.8) is 0 Å². The van der Waals surface area contributed by atoms with Gasteiger partial charge in [0.05, 0.1) is 0 Å². The first-order chi connectivity index (χ1) is 8.74. The maximum Gasteiger partial charge on any atom is 0.195 e. The first-order valence-corrected chi connectivity index (χ1v) is 6.52. The summed E-state index contributed by atoms with van der Waals surface area (Å²) in [6, 6.07) is 0. The second-order valence-electron chi connectivity index (χ2n) is 6.14. The van der Waals surface area contributed by atoms with E-state index >= 15 is 0 Å². The fourth-order valence-corrected chi connectivity index (χ4v) is 3.13. The molecule has 0 aromatic carbocycles. The summed E-state index contributed by atoms with van der Waals surface area (Å²) in [5.74, 6) is -1.69. The van der Waals surface area contributed by atoms with Crippen molar-refractivity contribution in [2.75, 3.05) is 7.11 Å². The van der Waals surface area contributed by atoms with Crippen molar-refractivity contribution < 1.29 is 28.5 Å². The van der Waals surface area contributed by atoms with E-state index < -0.39 is 36.0 Å². The molecule has 6 nitrogen and oxygen atoms in total. The molecule has 0 N–H and O–H groups in total. The Morgan fingerprint density at radius 3 is 2.05 bits per heavy atom. The molecule has 0 spiro atoms. The number of carbonyl (C=O) groups excluding carboxylic acids is 1. The van der Waals surface area contributed by atoms with Crippen molar-refractivity contribution in [2.45, 2.75) is 69.8 Å². The minimum absolute atomic E-state index is 0.138. The van der Waals surface area contributed by atoms with E-state index in [1.165, 1.54) is 7.11 Å². The van der Waals surface area contributed by atoms with Crippen LogP contribution in [0.15, 0.2) is 0 Å². The van der Waals surface area contributed by atoms with Crippen LogP contribution in [-0.2, 0) is 28.5 Å². The van der Waals surface area contributed by atoms with Crippen LogP contribution in [0.4, 0.5) is 0 Å². The Morgan fingerprint density at radius 1 is 0.895 bits per heavy atom. The molecule has 0 aromatic heterocycles. The van der Waals surface area contributed by atoms with E-state index in [0.717, 1.165) is 0 Å². The zero-order valence-corrected chi connectivity index (χ0v) is 11.8. The van der Waals surface area contributed by atoms with Gasteiger partial charge in [-0.05, 0) is 27.7 Å². The van der Waals surface area contributed by atoms with Crippen molar-refractivity contribution in [2.24, 2.45) is 0 Å². The molecule has 3 fully saturated rings. The molecule has 19 heavy (non-hydrogen) atoms. The van der Waals surface area contributed by atoms with Gasteiger partial charge >= 0.3 is 0 Å². The standard InChI is InChI=1S/C13H20O6/c1-12(2)16-8-6(14)7(15-5)9-11(10(8)18-12)19-13(3,4)17-9/h7-11H,1-5H3/t7-,8+,9+,10+,11+/m0/s1. The summed E-state index contributed by atoms with van der Waals surface area (Å²) in [7, 11) is 1.50. The van der Waals surface area contributed by atoms with Gasteiger partial charge in [0.1, 0.15) is 24.4 Å². The fraction of sp³-hybridized carbons (Fsp3) is 0.923. The predicted octanol–water partition coefficient (Wildman–Crippen LogP) is 0.624. The van der Waals surface area contributed by atoms with Gasteiger partial charge in [-0.2, -0.15) is 0 Å². The van der Waals surface area contributed by atoms with Crippen molar-refractivity contribution in [3.05, 3.63) is 0 Å². The minimum Gasteiger partial charge on any atom is -0.371 e. The van der Waals surface area contributed by atoms with Crippen molar-refractivity contribution >= 4 is 5.78 Å². The molecule has 108 valence electrons. The van der Waals surface area contributed by atoms with Crippen LogP contribution in [0.25, 0.3) is 0 Å². The van der Waals surface area contributed by atoms with Gasteiger partial charge in [-0.25, -0.2) is 0 Å². The van der Waals surface area contributed by atoms with E-state index in [2.05, 4.69) is 0 Å². The molecule has 3 rings (SSSR count). The van der Waals surface area contributed by atoms with Crippen LogP contribution in [0.1, 0.15) is 27.7 Å². The highest BCUT2D eigenvalue weighted by atomic mass is 16.8. The van der Waals surface area contributed by atoms with E-state index in [9.17, 15) is 4.79 Å². The maximum absolute atomic E-state index is 12.4. The van der Waals surface area contributed by atoms with Crippen molar-refractivity contribution in [1.82, 2.24) is 0 Å². The second kappa shape index (κ2) is 3.99. The Morgan fingerprint density at radius 2 is 1.42 bits per heavy atom. The number of carbonyl (C=O) groups is 1. The zero-order valence-electron chi connectivity index (χ0n) is 11.8. The average Bonchev–Trinajstić information content (AvgIpc) is 2.75. The van der Waals surface area contributed by atoms with Gasteiger partial charge in [0.2, 0.25) is 0 Å². The molecule has 2 heterocycles. The second-order valence-corrected chi connectivity index (χ2v) is 6.14. The number of ketones is 1. The average molecular weight is 272 g/mol. The molecule has 2 aliphatic heterocycles. The van der Waals surface area contributed by atoms with E-state index in [4.69, 9.17) is 23.7 Å². The number of rotatable bonds is 1. The normalized spacial score (nSPS) is 47.0. The number of methoxy groups -OCH3 is 1. The smallest absolute Gasteiger partial charge is 0.195 e. The summed E-state index contributed by atoms with van der Waals surface area (Å²) in [5, 5.41) is 0. The van der Waals surface area contributed by atoms with Crippen molar-refractivity contribution in [1.29, 1.82) is 0 Å².